The number of hydrogen-bond acceptors (Lipinski definition) is 6. The molecule has 0 spiro atoms. The Morgan fingerprint density at radius 3 is 2.14 bits per heavy atom. The first-order chi connectivity index (χ1) is 17.3. The third-order valence-electron chi connectivity index (χ3n) is 5.91. The highest BCUT2D eigenvalue weighted by molar-refractivity contribution is 5.89. The second-order valence-electron chi connectivity index (χ2n) is 10.5. The minimum absolute atomic E-state index is 0.0392. The van der Waals surface area contributed by atoms with Crippen LogP contribution in [0.1, 0.15) is 75.3 Å². The summed E-state index contributed by atoms with van der Waals surface area (Å²) in [6, 6.07) is 14.1. The molecule has 0 saturated heterocycles. The number of nitrogens with zero attached hydrogens (tertiary/aromatic N) is 3. The van der Waals surface area contributed by atoms with Crippen LogP contribution in [0.4, 0.5) is 0 Å². The standard InChI is InChI=1S/C28H35N3O6/c1-7-16-30-23(29-31(26(30)35)17-19-8-12-21(13-9-19)27(2,3)4)18-36-24(32)20-10-14-22(15-11-20)37-28(5,6)25(33)34/h8-15H,7,16-18H2,1-6H3,(H,33,34). The Labute approximate surface area is 216 Å². The fourth-order valence-corrected chi connectivity index (χ4v) is 3.64. The van der Waals surface area contributed by atoms with E-state index in [0.29, 0.717) is 24.7 Å². The van der Waals surface area contributed by atoms with E-state index in [2.05, 4.69) is 38.0 Å². The maximum Gasteiger partial charge on any atom is 0.347 e. The van der Waals surface area contributed by atoms with Gasteiger partial charge in [-0.25, -0.2) is 19.1 Å². The normalized spacial score (nSPS) is 11.8. The van der Waals surface area contributed by atoms with E-state index in [0.717, 1.165) is 12.0 Å². The molecule has 1 aromatic heterocycles. The van der Waals surface area contributed by atoms with Gasteiger partial charge < -0.3 is 14.6 Å². The van der Waals surface area contributed by atoms with Crippen molar-refractivity contribution >= 4 is 11.9 Å². The van der Waals surface area contributed by atoms with Crippen LogP contribution in [-0.2, 0) is 34.6 Å². The SMILES string of the molecule is CCCn1c(COC(=O)c2ccc(OC(C)(C)C(=O)O)cc2)nn(Cc2ccc(C(C)(C)C)cc2)c1=O. The fourth-order valence-electron chi connectivity index (χ4n) is 3.64. The average Bonchev–Trinajstić information content (AvgIpc) is 3.12. The van der Waals surface area contributed by atoms with Crippen molar-refractivity contribution in [3.63, 3.8) is 0 Å². The van der Waals surface area contributed by atoms with Crippen molar-refractivity contribution in [1.29, 1.82) is 0 Å². The smallest absolute Gasteiger partial charge is 0.347 e. The molecule has 0 unspecified atom stereocenters. The lowest BCUT2D eigenvalue weighted by atomic mass is 9.87. The van der Waals surface area contributed by atoms with Crippen molar-refractivity contribution < 1.29 is 24.2 Å². The molecular weight excluding hydrogens is 474 g/mol. The summed E-state index contributed by atoms with van der Waals surface area (Å²) in [5.74, 6) is -1.01. The Hall–Kier alpha value is -3.88. The van der Waals surface area contributed by atoms with E-state index in [1.54, 1.807) is 0 Å². The summed E-state index contributed by atoms with van der Waals surface area (Å²) in [6.45, 7) is 11.9. The molecule has 0 fully saturated rings. The van der Waals surface area contributed by atoms with Gasteiger partial charge in [-0.3, -0.25) is 4.57 Å². The third kappa shape index (κ3) is 6.87. The highest BCUT2D eigenvalue weighted by Gasteiger charge is 2.29. The number of benzene rings is 2. The van der Waals surface area contributed by atoms with Gasteiger partial charge in [-0.05, 0) is 61.1 Å². The Morgan fingerprint density at radius 1 is 0.973 bits per heavy atom. The summed E-state index contributed by atoms with van der Waals surface area (Å²) >= 11 is 0. The van der Waals surface area contributed by atoms with Crippen LogP contribution < -0.4 is 10.4 Å². The van der Waals surface area contributed by atoms with Crippen molar-refractivity contribution in [2.24, 2.45) is 0 Å². The molecule has 3 rings (SSSR count). The highest BCUT2D eigenvalue weighted by atomic mass is 16.5. The summed E-state index contributed by atoms with van der Waals surface area (Å²) in [5.41, 5.74) is 0.806. The number of hydrogen-bond donors (Lipinski definition) is 1. The van der Waals surface area contributed by atoms with E-state index < -0.39 is 17.5 Å². The van der Waals surface area contributed by atoms with Crippen molar-refractivity contribution in [3.8, 4) is 5.75 Å². The van der Waals surface area contributed by atoms with Crippen LogP contribution in [0.5, 0.6) is 5.75 Å². The quantitative estimate of drug-likeness (QED) is 0.403. The number of carbonyl (C=O) groups excluding carboxylic acids is 1. The van der Waals surface area contributed by atoms with Crippen LogP contribution in [0.2, 0.25) is 0 Å². The molecule has 2 aromatic carbocycles. The number of esters is 1. The van der Waals surface area contributed by atoms with Gasteiger partial charge in [0.1, 0.15) is 5.75 Å². The molecular formula is C28H35N3O6. The van der Waals surface area contributed by atoms with Crippen molar-refractivity contribution in [2.75, 3.05) is 0 Å². The van der Waals surface area contributed by atoms with E-state index in [4.69, 9.17) is 9.47 Å². The Morgan fingerprint density at radius 2 is 1.59 bits per heavy atom. The second kappa shape index (κ2) is 11.0. The van der Waals surface area contributed by atoms with Gasteiger partial charge in [0.15, 0.2) is 18.0 Å². The minimum Gasteiger partial charge on any atom is -0.478 e. The van der Waals surface area contributed by atoms with Crippen LogP contribution >= 0.6 is 0 Å². The van der Waals surface area contributed by atoms with E-state index in [1.165, 1.54) is 52.9 Å². The van der Waals surface area contributed by atoms with E-state index in [-0.39, 0.29) is 23.3 Å². The van der Waals surface area contributed by atoms with E-state index in [9.17, 15) is 19.5 Å². The summed E-state index contributed by atoms with van der Waals surface area (Å²) < 4.78 is 13.8. The first-order valence-corrected chi connectivity index (χ1v) is 12.3. The van der Waals surface area contributed by atoms with E-state index in [1.807, 2.05) is 19.1 Å². The zero-order valence-electron chi connectivity index (χ0n) is 22.3. The number of carboxylic acids is 1. The summed E-state index contributed by atoms with van der Waals surface area (Å²) in [7, 11) is 0. The lowest BCUT2D eigenvalue weighted by molar-refractivity contribution is -0.152. The summed E-state index contributed by atoms with van der Waals surface area (Å²) in [6.07, 6.45) is 0.723. The molecule has 0 aliphatic heterocycles. The van der Waals surface area contributed by atoms with Gasteiger partial charge in [0.25, 0.3) is 0 Å². The second-order valence-corrected chi connectivity index (χ2v) is 10.5. The first kappa shape index (κ1) is 27.7. The van der Waals surface area contributed by atoms with Crippen LogP contribution in [0.25, 0.3) is 0 Å². The molecule has 198 valence electrons. The average molecular weight is 510 g/mol. The van der Waals surface area contributed by atoms with Gasteiger partial charge in [-0.2, -0.15) is 5.10 Å². The number of rotatable bonds is 10. The fraction of sp³-hybridized carbons (Fsp3) is 0.429. The molecule has 0 saturated carbocycles. The van der Waals surface area contributed by atoms with Crippen LogP contribution in [0.3, 0.4) is 0 Å². The molecule has 0 radical (unpaired) electrons. The first-order valence-electron chi connectivity index (χ1n) is 12.3. The number of carbonyl (C=O) groups is 2. The van der Waals surface area contributed by atoms with Crippen LogP contribution in [-0.4, -0.2) is 37.0 Å². The maximum atomic E-state index is 13.0. The Balaban J connectivity index is 1.71. The van der Waals surface area contributed by atoms with Crippen molar-refractivity contribution in [3.05, 3.63) is 81.5 Å². The number of aliphatic carboxylic acids is 1. The molecule has 0 bridgehead atoms. The molecule has 0 aliphatic carbocycles. The largest absolute Gasteiger partial charge is 0.478 e. The topological polar surface area (TPSA) is 113 Å². The zero-order valence-corrected chi connectivity index (χ0v) is 22.3. The number of aromatic nitrogens is 3. The molecule has 37 heavy (non-hydrogen) atoms. The lowest BCUT2D eigenvalue weighted by Crippen LogP contribution is -2.37. The van der Waals surface area contributed by atoms with Gasteiger partial charge in [-0.15, -0.1) is 0 Å². The zero-order chi connectivity index (χ0) is 27.4. The Kier molecular flexibility index (Phi) is 8.25. The van der Waals surface area contributed by atoms with Crippen LogP contribution in [0, 0.1) is 0 Å². The molecule has 1 N–H and O–H groups in total. The van der Waals surface area contributed by atoms with Gasteiger partial charge in [0, 0.05) is 6.54 Å². The van der Waals surface area contributed by atoms with Gasteiger partial charge in [-0.1, -0.05) is 52.0 Å². The molecule has 3 aromatic rings. The van der Waals surface area contributed by atoms with E-state index >= 15 is 0 Å². The summed E-state index contributed by atoms with van der Waals surface area (Å²) in [5, 5.41) is 13.6. The molecule has 1 heterocycles. The molecule has 9 heteroatoms. The van der Waals surface area contributed by atoms with Gasteiger partial charge in [0.2, 0.25) is 0 Å². The predicted molar refractivity (Wildman–Crippen MR) is 139 cm³/mol. The van der Waals surface area contributed by atoms with Crippen LogP contribution in [0.15, 0.2) is 53.3 Å². The number of carboxylic acid groups (broad SMARTS) is 1. The van der Waals surface area contributed by atoms with Gasteiger partial charge in [0.05, 0.1) is 12.1 Å². The highest BCUT2D eigenvalue weighted by Crippen LogP contribution is 2.22. The Bertz CT molecular complexity index is 1300. The van der Waals surface area contributed by atoms with Crippen molar-refractivity contribution in [2.45, 2.75) is 78.7 Å². The molecule has 0 aliphatic rings. The minimum atomic E-state index is -1.40. The molecule has 9 nitrogen and oxygen atoms in total. The maximum absolute atomic E-state index is 13.0. The van der Waals surface area contributed by atoms with Gasteiger partial charge >= 0.3 is 17.6 Å². The molecule has 0 atom stereocenters. The molecule has 0 amide bonds. The monoisotopic (exact) mass is 509 g/mol. The predicted octanol–water partition coefficient (Wildman–Crippen LogP) is 4.40. The lowest BCUT2D eigenvalue weighted by Gasteiger charge is -2.21. The van der Waals surface area contributed by atoms with Crippen molar-refractivity contribution in [1.82, 2.24) is 14.3 Å². The third-order valence-corrected chi connectivity index (χ3v) is 5.91. The summed E-state index contributed by atoms with van der Waals surface area (Å²) in [4.78, 5) is 36.8. The number of ether oxygens (including phenoxy) is 2.